The van der Waals surface area contributed by atoms with Crippen molar-refractivity contribution in [3.05, 3.63) is 41.2 Å². The highest BCUT2D eigenvalue weighted by molar-refractivity contribution is 7.13. The third-order valence-corrected chi connectivity index (χ3v) is 5.48. The van der Waals surface area contributed by atoms with Crippen molar-refractivity contribution < 1.29 is 0 Å². The van der Waals surface area contributed by atoms with E-state index in [-0.39, 0.29) is 0 Å². The average Bonchev–Trinajstić information content (AvgIpc) is 3.23. The minimum absolute atomic E-state index is 0.591. The zero-order chi connectivity index (χ0) is 16.5. The van der Waals surface area contributed by atoms with Gasteiger partial charge in [-0.15, -0.1) is 11.3 Å². The van der Waals surface area contributed by atoms with Gasteiger partial charge in [0.05, 0.1) is 17.1 Å². The number of rotatable bonds is 2. The highest BCUT2D eigenvalue weighted by atomic mass is 32.1. The fourth-order valence-corrected chi connectivity index (χ4v) is 4.15. The second-order valence-electron chi connectivity index (χ2n) is 6.10. The lowest BCUT2D eigenvalue weighted by molar-refractivity contribution is 0.577. The van der Waals surface area contributed by atoms with Crippen LogP contribution in [0.3, 0.4) is 0 Å². The lowest BCUT2D eigenvalue weighted by Crippen LogP contribution is -2.29. The molecule has 0 radical (unpaired) electrons. The quantitative estimate of drug-likeness (QED) is 0.843. The van der Waals surface area contributed by atoms with Gasteiger partial charge in [0.2, 0.25) is 0 Å². The molecule has 5 nitrogen and oxygen atoms in total. The molecule has 6 heteroatoms. The lowest BCUT2D eigenvalue weighted by atomic mass is 10.1. The van der Waals surface area contributed by atoms with E-state index < -0.39 is 0 Å². The Morgan fingerprint density at radius 2 is 2.04 bits per heavy atom. The molecule has 122 valence electrons. The molecule has 2 aromatic rings. The van der Waals surface area contributed by atoms with E-state index in [9.17, 15) is 5.26 Å². The first kappa shape index (κ1) is 15.0. The van der Waals surface area contributed by atoms with E-state index in [4.69, 9.17) is 4.98 Å². The van der Waals surface area contributed by atoms with Gasteiger partial charge in [0, 0.05) is 25.5 Å². The standard InChI is InChI=1S/C18H19N5S/c1-22-16-8-4-3-7-14(16)20-17(22)13(11-19)15-12-24-18(21-15)23-9-5-2-6-10-23/h3-4,7-8,12,20H,2,5-6,9-10H2,1H3/b17-13-. The Labute approximate surface area is 145 Å². The summed E-state index contributed by atoms with van der Waals surface area (Å²) in [5, 5.41) is 16.1. The summed E-state index contributed by atoms with van der Waals surface area (Å²) in [4.78, 5) is 9.10. The van der Waals surface area contributed by atoms with Crippen LogP contribution in [-0.4, -0.2) is 25.1 Å². The maximum absolute atomic E-state index is 9.73. The summed E-state index contributed by atoms with van der Waals surface area (Å²) in [5.41, 5.74) is 3.44. The van der Waals surface area contributed by atoms with Crippen molar-refractivity contribution in [3.63, 3.8) is 0 Å². The van der Waals surface area contributed by atoms with Gasteiger partial charge in [0.25, 0.3) is 0 Å². The lowest BCUT2D eigenvalue weighted by Gasteiger charge is -2.25. The summed E-state index contributed by atoms with van der Waals surface area (Å²) in [7, 11) is 1.98. The van der Waals surface area contributed by atoms with Gasteiger partial charge in [-0.05, 0) is 31.4 Å². The van der Waals surface area contributed by atoms with Crippen molar-refractivity contribution in [1.82, 2.24) is 4.98 Å². The van der Waals surface area contributed by atoms with E-state index in [2.05, 4.69) is 16.3 Å². The predicted molar refractivity (Wildman–Crippen MR) is 99.2 cm³/mol. The van der Waals surface area contributed by atoms with Crippen LogP contribution in [0.4, 0.5) is 16.5 Å². The Morgan fingerprint density at radius 1 is 1.25 bits per heavy atom. The van der Waals surface area contributed by atoms with E-state index in [1.165, 1.54) is 19.3 Å². The third-order valence-electron chi connectivity index (χ3n) is 4.58. The monoisotopic (exact) mass is 337 g/mol. The number of nitriles is 1. The summed E-state index contributed by atoms with van der Waals surface area (Å²) in [6.45, 7) is 2.13. The Kier molecular flexibility index (Phi) is 3.87. The average molecular weight is 337 g/mol. The van der Waals surface area contributed by atoms with Crippen LogP contribution >= 0.6 is 11.3 Å². The van der Waals surface area contributed by atoms with Gasteiger partial charge >= 0.3 is 0 Å². The van der Waals surface area contributed by atoms with Gasteiger partial charge in [0.15, 0.2) is 5.13 Å². The van der Waals surface area contributed by atoms with Crippen LogP contribution in [-0.2, 0) is 0 Å². The fourth-order valence-electron chi connectivity index (χ4n) is 3.27. The van der Waals surface area contributed by atoms with Crippen LogP contribution in [0.5, 0.6) is 0 Å². The van der Waals surface area contributed by atoms with Crippen molar-refractivity contribution in [3.8, 4) is 6.07 Å². The third kappa shape index (κ3) is 2.51. The van der Waals surface area contributed by atoms with E-state index in [1.807, 2.05) is 41.6 Å². The fraction of sp³-hybridized carbons (Fsp3) is 0.333. The summed E-state index contributed by atoms with van der Waals surface area (Å²) in [5.74, 6) is 0.800. The number of fused-ring (bicyclic) bond motifs is 1. The van der Waals surface area contributed by atoms with Crippen LogP contribution < -0.4 is 15.1 Å². The second-order valence-corrected chi connectivity index (χ2v) is 6.94. The number of benzene rings is 1. The molecule has 3 heterocycles. The Balaban J connectivity index is 1.68. The van der Waals surface area contributed by atoms with Crippen LogP contribution in [0.1, 0.15) is 25.0 Å². The molecule has 0 aliphatic carbocycles. The molecule has 0 amide bonds. The number of aromatic nitrogens is 1. The van der Waals surface area contributed by atoms with Gasteiger partial charge in [-0.2, -0.15) is 5.26 Å². The summed E-state index contributed by atoms with van der Waals surface area (Å²) < 4.78 is 0. The first-order chi connectivity index (χ1) is 11.8. The maximum Gasteiger partial charge on any atom is 0.185 e. The molecule has 0 unspecified atom stereocenters. The zero-order valence-corrected chi connectivity index (χ0v) is 14.4. The number of nitrogens with zero attached hydrogens (tertiary/aromatic N) is 4. The number of allylic oxidation sites excluding steroid dienone is 1. The van der Waals surface area contributed by atoms with Gasteiger partial charge in [-0.3, -0.25) is 0 Å². The molecule has 0 spiro atoms. The van der Waals surface area contributed by atoms with E-state index in [0.29, 0.717) is 5.57 Å². The smallest absolute Gasteiger partial charge is 0.185 e. The number of nitrogens with one attached hydrogen (secondary N) is 1. The molecular weight excluding hydrogens is 318 g/mol. The summed E-state index contributed by atoms with van der Waals surface area (Å²) in [6, 6.07) is 10.4. The molecule has 2 aliphatic heterocycles. The van der Waals surface area contributed by atoms with E-state index in [1.54, 1.807) is 11.3 Å². The van der Waals surface area contributed by atoms with Crippen molar-refractivity contribution in [2.24, 2.45) is 0 Å². The normalized spacial score (nSPS) is 18.8. The highest BCUT2D eigenvalue weighted by Gasteiger charge is 2.25. The van der Waals surface area contributed by atoms with Crippen LogP contribution in [0.2, 0.25) is 0 Å². The largest absolute Gasteiger partial charge is 0.348 e. The van der Waals surface area contributed by atoms with Gasteiger partial charge in [-0.25, -0.2) is 4.98 Å². The molecule has 1 N–H and O–H groups in total. The number of hydrogen-bond donors (Lipinski definition) is 1. The van der Waals surface area contributed by atoms with Crippen molar-refractivity contribution in [2.75, 3.05) is 35.3 Å². The molecule has 4 rings (SSSR count). The molecule has 1 fully saturated rings. The second kappa shape index (κ2) is 6.17. The van der Waals surface area contributed by atoms with E-state index >= 15 is 0 Å². The van der Waals surface area contributed by atoms with Crippen LogP contribution in [0.25, 0.3) is 5.57 Å². The number of thiazole rings is 1. The molecule has 24 heavy (non-hydrogen) atoms. The molecular formula is C18H19N5S. The number of para-hydroxylation sites is 2. The molecule has 0 saturated carbocycles. The minimum atomic E-state index is 0.591. The Bertz CT molecular complexity index is 826. The predicted octanol–water partition coefficient (Wildman–Crippen LogP) is 3.89. The van der Waals surface area contributed by atoms with Crippen molar-refractivity contribution >= 4 is 33.4 Å². The SMILES string of the molecule is CN1/C(=C(/C#N)c2csc(N3CCCCC3)n2)Nc2ccccc21. The number of anilines is 3. The molecule has 0 bridgehead atoms. The highest BCUT2D eigenvalue weighted by Crippen LogP contribution is 2.38. The Morgan fingerprint density at radius 3 is 2.79 bits per heavy atom. The topological polar surface area (TPSA) is 55.2 Å². The van der Waals surface area contributed by atoms with Crippen molar-refractivity contribution in [1.29, 1.82) is 5.26 Å². The van der Waals surface area contributed by atoms with Gasteiger partial charge < -0.3 is 15.1 Å². The molecule has 1 aromatic carbocycles. The maximum atomic E-state index is 9.73. The Hall–Kier alpha value is -2.52. The summed E-state index contributed by atoms with van der Waals surface area (Å²) in [6.07, 6.45) is 3.75. The minimum Gasteiger partial charge on any atom is -0.348 e. The molecule has 1 aromatic heterocycles. The van der Waals surface area contributed by atoms with E-state index in [0.717, 1.165) is 41.1 Å². The van der Waals surface area contributed by atoms with Crippen LogP contribution in [0, 0.1) is 11.3 Å². The molecule has 2 aliphatic rings. The number of piperidine rings is 1. The van der Waals surface area contributed by atoms with Gasteiger partial charge in [-0.1, -0.05) is 12.1 Å². The first-order valence-electron chi connectivity index (χ1n) is 8.23. The zero-order valence-electron chi connectivity index (χ0n) is 13.6. The molecule has 0 atom stereocenters. The molecule has 1 saturated heterocycles. The first-order valence-corrected chi connectivity index (χ1v) is 9.11. The van der Waals surface area contributed by atoms with Gasteiger partial charge in [0.1, 0.15) is 17.5 Å². The van der Waals surface area contributed by atoms with Crippen molar-refractivity contribution in [2.45, 2.75) is 19.3 Å². The number of hydrogen-bond acceptors (Lipinski definition) is 6. The summed E-state index contributed by atoms with van der Waals surface area (Å²) >= 11 is 1.63. The van der Waals surface area contributed by atoms with Crippen LogP contribution in [0.15, 0.2) is 35.5 Å².